The van der Waals surface area contributed by atoms with Gasteiger partial charge in [0.15, 0.2) is 0 Å². The fourth-order valence-corrected chi connectivity index (χ4v) is 3.46. The number of aromatic nitrogens is 2. The van der Waals surface area contributed by atoms with Crippen LogP contribution in [0, 0.1) is 5.82 Å². The standard InChI is InChI=1S/C19H18FN3O2/c20-15-7-5-13(6-8-15)18-9-16(24)11-22(18)19(25)12-23-17-4-2-1-3-14(17)10-21-23/h1-8,10,16,18,24H,9,11-12H2/t16-,18+/m0/s1. The molecule has 6 heteroatoms. The Labute approximate surface area is 144 Å². The Kier molecular flexibility index (Phi) is 3.97. The van der Waals surface area contributed by atoms with Gasteiger partial charge in [-0.2, -0.15) is 5.10 Å². The zero-order valence-corrected chi connectivity index (χ0v) is 13.5. The molecule has 0 spiro atoms. The summed E-state index contributed by atoms with van der Waals surface area (Å²) in [5.74, 6) is -0.428. The molecule has 1 amide bonds. The van der Waals surface area contributed by atoms with Crippen LogP contribution in [0.25, 0.3) is 10.9 Å². The molecule has 1 aliphatic heterocycles. The lowest BCUT2D eigenvalue weighted by Gasteiger charge is -2.25. The first-order chi connectivity index (χ1) is 12.1. The fraction of sp³-hybridized carbons (Fsp3) is 0.263. The summed E-state index contributed by atoms with van der Waals surface area (Å²) in [7, 11) is 0. The van der Waals surface area contributed by atoms with Gasteiger partial charge >= 0.3 is 0 Å². The molecule has 0 aliphatic carbocycles. The minimum atomic E-state index is -0.576. The normalized spacial score (nSPS) is 20.3. The SMILES string of the molecule is O=C(Cn1ncc2ccccc21)N1C[C@@H](O)C[C@@H]1c1ccc(F)cc1. The van der Waals surface area contributed by atoms with Crippen molar-refractivity contribution in [2.24, 2.45) is 0 Å². The summed E-state index contributed by atoms with van der Waals surface area (Å²) in [6.45, 7) is 0.387. The summed E-state index contributed by atoms with van der Waals surface area (Å²) in [5.41, 5.74) is 1.73. The Balaban J connectivity index is 1.58. The zero-order valence-electron chi connectivity index (χ0n) is 13.5. The molecule has 2 aromatic carbocycles. The molecule has 25 heavy (non-hydrogen) atoms. The molecule has 0 bridgehead atoms. The van der Waals surface area contributed by atoms with E-state index < -0.39 is 6.10 Å². The van der Waals surface area contributed by atoms with Crippen molar-refractivity contribution in [3.63, 3.8) is 0 Å². The molecule has 0 radical (unpaired) electrons. The largest absolute Gasteiger partial charge is 0.391 e. The number of carbonyl (C=O) groups excluding carboxylic acids is 1. The number of fused-ring (bicyclic) bond motifs is 1. The van der Waals surface area contributed by atoms with Crippen LogP contribution in [0.15, 0.2) is 54.7 Å². The summed E-state index contributed by atoms with van der Waals surface area (Å²) in [6.07, 6.45) is 1.62. The molecule has 2 atom stereocenters. The maximum Gasteiger partial charge on any atom is 0.244 e. The number of aliphatic hydroxyl groups is 1. The van der Waals surface area contributed by atoms with E-state index in [0.717, 1.165) is 16.5 Å². The quantitative estimate of drug-likeness (QED) is 0.798. The Morgan fingerprint density at radius 3 is 2.76 bits per heavy atom. The number of nitrogens with zero attached hydrogens (tertiary/aromatic N) is 3. The first kappa shape index (κ1) is 15.8. The number of halogens is 1. The van der Waals surface area contributed by atoms with E-state index in [1.807, 2.05) is 24.3 Å². The zero-order chi connectivity index (χ0) is 17.4. The molecule has 1 aliphatic rings. The highest BCUT2D eigenvalue weighted by atomic mass is 19.1. The van der Waals surface area contributed by atoms with Gasteiger partial charge in [0.1, 0.15) is 12.4 Å². The van der Waals surface area contributed by atoms with Gasteiger partial charge in [-0.1, -0.05) is 30.3 Å². The molecule has 128 valence electrons. The predicted octanol–water partition coefficient (Wildman–Crippen LogP) is 2.51. The van der Waals surface area contributed by atoms with Gasteiger partial charge in [0, 0.05) is 11.9 Å². The summed E-state index contributed by atoms with van der Waals surface area (Å²) >= 11 is 0. The number of hydrogen-bond donors (Lipinski definition) is 1. The molecule has 1 N–H and O–H groups in total. The van der Waals surface area contributed by atoms with Crippen molar-refractivity contribution in [3.05, 3.63) is 66.1 Å². The molecular formula is C19H18FN3O2. The summed E-state index contributed by atoms with van der Waals surface area (Å²) in [4.78, 5) is 14.5. The van der Waals surface area contributed by atoms with Gasteiger partial charge in [-0.3, -0.25) is 9.48 Å². The van der Waals surface area contributed by atoms with Crippen molar-refractivity contribution in [2.75, 3.05) is 6.54 Å². The van der Waals surface area contributed by atoms with Crippen LogP contribution in [0.5, 0.6) is 0 Å². The summed E-state index contributed by atoms with van der Waals surface area (Å²) in [6, 6.07) is 13.6. The van der Waals surface area contributed by atoms with Crippen LogP contribution in [0.4, 0.5) is 4.39 Å². The van der Waals surface area contributed by atoms with E-state index in [1.54, 1.807) is 27.9 Å². The lowest BCUT2D eigenvalue weighted by atomic mass is 10.0. The summed E-state index contributed by atoms with van der Waals surface area (Å²) < 4.78 is 14.8. The number of β-amino-alcohol motifs (C(OH)–C–C–N with tert-alkyl or cyclic N) is 1. The van der Waals surface area contributed by atoms with Crippen LogP contribution in [-0.2, 0) is 11.3 Å². The van der Waals surface area contributed by atoms with Crippen LogP contribution in [0.3, 0.4) is 0 Å². The molecule has 1 saturated heterocycles. The lowest BCUT2D eigenvalue weighted by molar-refractivity contribution is -0.133. The fourth-order valence-electron chi connectivity index (χ4n) is 3.46. The van der Waals surface area contributed by atoms with Gasteiger partial charge in [0.2, 0.25) is 5.91 Å². The minimum absolute atomic E-state index is 0.109. The number of rotatable bonds is 3. The van der Waals surface area contributed by atoms with E-state index in [2.05, 4.69) is 5.10 Å². The van der Waals surface area contributed by atoms with Gasteiger partial charge in [-0.25, -0.2) is 4.39 Å². The third-order valence-corrected chi connectivity index (χ3v) is 4.69. The van der Waals surface area contributed by atoms with E-state index in [-0.39, 0.29) is 30.9 Å². The Morgan fingerprint density at radius 2 is 1.96 bits per heavy atom. The molecule has 1 aromatic heterocycles. The molecule has 3 aromatic rings. The highest BCUT2D eigenvalue weighted by Gasteiger charge is 2.35. The van der Waals surface area contributed by atoms with Crippen molar-refractivity contribution in [2.45, 2.75) is 25.1 Å². The second kappa shape index (κ2) is 6.29. The van der Waals surface area contributed by atoms with Gasteiger partial charge in [-0.15, -0.1) is 0 Å². The van der Waals surface area contributed by atoms with Crippen molar-refractivity contribution in [1.29, 1.82) is 0 Å². The van der Waals surface area contributed by atoms with Gasteiger partial charge in [0.25, 0.3) is 0 Å². The van der Waals surface area contributed by atoms with Crippen LogP contribution in [-0.4, -0.2) is 38.3 Å². The number of hydrogen-bond acceptors (Lipinski definition) is 3. The highest BCUT2D eigenvalue weighted by molar-refractivity contribution is 5.82. The smallest absolute Gasteiger partial charge is 0.244 e. The highest BCUT2D eigenvalue weighted by Crippen LogP contribution is 2.32. The third-order valence-electron chi connectivity index (χ3n) is 4.69. The first-order valence-electron chi connectivity index (χ1n) is 8.25. The van der Waals surface area contributed by atoms with Crippen LogP contribution >= 0.6 is 0 Å². The van der Waals surface area contributed by atoms with Crippen LogP contribution in [0.1, 0.15) is 18.0 Å². The van der Waals surface area contributed by atoms with Gasteiger partial charge in [-0.05, 0) is 30.2 Å². The molecule has 0 saturated carbocycles. The molecule has 0 unspecified atom stereocenters. The number of benzene rings is 2. The van der Waals surface area contributed by atoms with E-state index in [1.165, 1.54) is 12.1 Å². The lowest BCUT2D eigenvalue weighted by Crippen LogP contribution is -2.34. The van der Waals surface area contributed by atoms with Crippen LogP contribution < -0.4 is 0 Å². The second-order valence-electron chi connectivity index (χ2n) is 6.36. The monoisotopic (exact) mass is 339 g/mol. The van der Waals surface area contributed by atoms with Gasteiger partial charge < -0.3 is 10.0 Å². The number of aliphatic hydroxyl groups excluding tert-OH is 1. The van der Waals surface area contributed by atoms with Crippen molar-refractivity contribution in [1.82, 2.24) is 14.7 Å². The number of likely N-dealkylation sites (tertiary alicyclic amines) is 1. The van der Waals surface area contributed by atoms with Crippen molar-refractivity contribution >= 4 is 16.8 Å². The number of para-hydroxylation sites is 1. The average Bonchev–Trinajstić information content (AvgIpc) is 3.20. The topological polar surface area (TPSA) is 58.4 Å². The number of carbonyl (C=O) groups is 1. The van der Waals surface area contributed by atoms with E-state index in [4.69, 9.17) is 0 Å². The Morgan fingerprint density at radius 1 is 1.20 bits per heavy atom. The van der Waals surface area contributed by atoms with Crippen molar-refractivity contribution < 1.29 is 14.3 Å². The van der Waals surface area contributed by atoms with Crippen molar-refractivity contribution in [3.8, 4) is 0 Å². The molecule has 4 rings (SSSR count). The van der Waals surface area contributed by atoms with Gasteiger partial charge in [0.05, 0.1) is 23.9 Å². The number of amides is 1. The van der Waals surface area contributed by atoms with E-state index in [0.29, 0.717) is 6.42 Å². The average molecular weight is 339 g/mol. The molecule has 5 nitrogen and oxygen atoms in total. The minimum Gasteiger partial charge on any atom is -0.391 e. The third kappa shape index (κ3) is 3.00. The molecular weight excluding hydrogens is 321 g/mol. The van der Waals surface area contributed by atoms with Crippen LogP contribution in [0.2, 0.25) is 0 Å². The predicted molar refractivity (Wildman–Crippen MR) is 91.2 cm³/mol. The Bertz CT molecular complexity index is 906. The molecule has 2 heterocycles. The first-order valence-corrected chi connectivity index (χ1v) is 8.25. The van der Waals surface area contributed by atoms with E-state index >= 15 is 0 Å². The Hall–Kier alpha value is -2.73. The maximum atomic E-state index is 13.2. The second-order valence-corrected chi connectivity index (χ2v) is 6.36. The molecule has 1 fully saturated rings. The summed E-state index contributed by atoms with van der Waals surface area (Å²) in [5, 5.41) is 15.3. The van der Waals surface area contributed by atoms with E-state index in [9.17, 15) is 14.3 Å². The maximum absolute atomic E-state index is 13.2.